The van der Waals surface area contributed by atoms with Crippen molar-refractivity contribution in [3.05, 3.63) is 23.3 Å². The molecule has 0 radical (unpaired) electrons. The van der Waals surface area contributed by atoms with E-state index < -0.39 is 16.0 Å². The van der Waals surface area contributed by atoms with Gasteiger partial charge in [0.15, 0.2) is 8.38 Å². The standard InChI is InChI=1S/C19H32I2O10P2/c1-4-28-32(29-5-2)14-16-12-18(24-3)17(15-33(23,30-20)31-21)13-19(16)27-11-10-26-9-8-25-7-6-22/h12-13,22H,4-11,14-15H2,1-3H3. The lowest BCUT2D eigenvalue weighted by molar-refractivity contribution is 0.0246. The molecule has 0 spiro atoms. The molecule has 0 aliphatic rings. The topological polar surface area (TPSA) is 111 Å². The molecule has 0 amide bonds. The van der Waals surface area contributed by atoms with E-state index in [0.717, 1.165) is 5.56 Å². The van der Waals surface area contributed by atoms with Gasteiger partial charge in [0.25, 0.3) is 0 Å². The number of aliphatic hydroxyl groups is 1. The molecule has 0 heterocycles. The van der Waals surface area contributed by atoms with E-state index in [9.17, 15) is 4.57 Å². The van der Waals surface area contributed by atoms with E-state index in [1.807, 2.05) is 19.9 Å². The summed E-state index contributed by atoms with van der Waals surface area (Å²) in [5, 5.41) is 8.71. The zero-order valence-corrected chi connectivity index (χ0v) is 25.1. The highest BCUT2D eigenvalue weighted by atomic mass is 127. The zero-order chi connectivity index (χ0) is 24.5. The first-order chi connectivity index (χ1) is 16.0. The van der Waals surface area contributed by atoms with Crippen molar-refractivity contribution in [3.63, 3.8) is 0 Å². The van der Waals surface area contributed by atoms with Gasteiger partial charge in [-0.25, -0.2) is 5.71 Å². The molecule has 0 fully saturated rings. The molecule has 14 heteroatoms. The molecule has 0 atom stereocenters. The minimum Gasteiger partial charge on any atom is -0.496 e. The lowest BCUT2D eigenvalue weighted by Gasteiger charge is -2.21. The number of rotatable bonds is 20. The molecule has 1 aromatic rings. The number of hydrogen-bond acceptors (Lipinski definition) is 10. The summed E-state index contributed by atoms with van der Waals surface area (Å²) in [6.45, 7) is 6.61. The summed E-state index contributed by atoms with van der Waals surface area (Å²) in [6.07, 6.45) is 0.519. The predicted octanol–water partition coefficient (Wildman–Crippen LogP) is 5.41. The van der Waals surface area contributed by atoms with Crippen LogP contribution in [-0.2, 0) is 41.1 Å². The van der Waals surface area contributed by atoms with Crippen LogP contribution in [0, 0.1) is 0 Å². The van der Waals surface area contributed by atoms with Crippen molar-refractivity contribution in [1.29, 1.82) is 0 Å². The van der Waals surface area contributed by atoms with E-state index in [1.54, 1.807) is 59.2 Å². The van der Waals surface area contributed by atoms with E-state index in [2.05, 4.69) is 0 Å². The maximum Gasteiger partial charge on any atom is 0.353 e. The van der Waals surface area contributed by atoms with Gasteiger partial charge >= 0.3 is 7.60 Å². The van der Waals surface area contributed by atoms with Crippen molar-refractivity contribution in [1.82, 2.24) is 0 Å². The smallest absolute Gasteiger partial charge is 0.353 e. The first-order valence-electron chi connectivity index (χ1n) is 10.3. The molecule has 0 aliphatic heterocycles. The van der Waals surface area contributed by atoms with E-state index in [0.29, 0.717) is 62.9 Å². The van der Waals surface area contributed by atoms with Crippen LogP contribution < -0.4 is 9.47 Å². The molecule has 192 valence electrons. The van der Waals surface area contributed by atoms with Crippen LogP contribution in [0.1, 0.15) is 25.0 Å². The van der Waals surface area contributed by atoms with Crippen LogP contribution in [0.3, 0.4) is 0 Å². The normalized spacial score (nSPS) is 11.8. The summed E-state index contributed by atoms with van der Waals surface area (Å²) in [5.74, 6) is 1.13. The average Bonchev–Trinajstić information content (AvgIpc) is 2.82. The van der Waals surface area contributed by atoms with Crippen molar-refractivity contribution in [2.75, 3.05) is 60.0 Å². The lowest BCUT2D eigenvalue weighted by Crippen LogP contribution is -2.12. The van der Waals surface area contributed by atoms with Crippen LogP contribution >= 0.6 is 62.0 Å². The molecule has 0 saturated heterocycles. The first-order valence-corrected chi connectivity index (χ1v) is 15.1. The summed E-state index contributed by atoms with van der Waals surface area (Å²) >= 11 is 3.15. The average molecular weight is 736 g/mol. The van der Waals surface area contributed by atoms with Gasteiger partial charge in [0, 0.05) is 17.3 Å². The molecular formula is C19H32I2O10P2. The molecule has 33 heavy (non-hydrogen) atoms. The molecule has 0 aliphatic carbocycles. The van der Waals surface area contributed by atoms with Gasteiger partial charge in [0.05, 0.1) is 59.5 Å². The Labute approximate surface area is 225 Å². The lowest BCUT2D eigenvalue weighted by atomic mass is 10.1. The zero-order valence-electron chi connectivity index (χ0n) is 19.0. The van der Waals surface area contributed by atoms with Crippen LogP contribution in [0.2, 0.25) is 0 Å². The number of ether oxygens (including phenoxy) is 4. The monoisotopic (exact) mass is 736 g/mol. The molecule has 1 N–H and O–H groups in total. The van der Waals surface area contributed by atoms with Gasteiger partial charge in [-0.05, 0) is 26.0 Å². The number of methoxy groups -OCH3 is 1. The number of halogens is 2. The van der Waals surface area contributed by atoms with Gasteiger partial charge in [-0.2, -0.15) is 0 Å². The minimum atomic E-state index is -3.34. The second-order valence-corrected chi connectivity index (χ2v) is 12.0. The molecule has 1 rings (SSSR count). The van der Waals surface area contributed by atoms with Crippen LogP contribution in [-0.4, -0.2) is 65.1 Å². The fraction of sp³-hybridized carbons (Fsp3) is 0.684. The Morgan fingerprint density at radius 1 is 0.909 bits per heavy atom. The van der Waals surface area contributed by atoms with Crippen LogP contribution in [0.5, 0.6) is 11.5 Å². The molecule has 0 saturated carbocycles. The van der Waals surface area contributed by atoms with Gasteiger partial charge < -0.3 is 33.1 Å². The van der Waals surface area contributed by atoms with Crippen LogP contribution in [0.4, 0.5) is 0 Å². The second-order valence-electron chi connectivity index (χ2n) is 6.30. The third kappa shape index (κ3) is 12.4. The van der Waals surface area contributed by atoms with Gasteiger partial charge in [-0.1, -0.05) is 0 Å². The Bertz CT molecular complexity index is 699. The largest absolute Gasteiger partial charge is 0.496 e. The molecular weight excluding hydrogens is 704 g/mol. The van der Waals surface area contributed by atoms with Crippen molar-refractivity contribution in [3.8, 4) is 11.5 Å². The van der Waals surface area contributed by atoms with E-state index in [4.69, 9.17) is 38.8 Å². The van der Waals surface area contributed by atoms with Gasteiger partial charge in [-0.3, -0.25) is 4.57 Å². The molecule has 0 unspecified atom stereocenters. The van der Waals surface area contributed by atoms with Gasteiger partial charge in [-0.15, -0.1) is 0 Å². The van der Waals surface area contributed by atoms with E-state index >= 15 is 0 Å². The minimum absolute atomic E-state index is 0.0169. The summed E-state index contributed by atoms with van der Waals surface area (Å²) in [5.41, 5.74) is 1.47. The van der Waals surface area contributed by atoms with E-state index in [1.165, 1.54) is 0 Å². The van der Waals surface area contributed by atoms with Gasteiger partial charge in [0.2, 0.25) is 0 Å². The van der Waals surface area contributed by atoms with E-state index in [-0.39, 0.29) is 19.4 Å². The number of hydrogen-bond donors (Lipinski definition) is 1. The summed E-state index contributed by atoms with van der Waals surface area (Å²) < 4.78 is 56.5. The fourth-order valence-electron chi connectivity index (χ4n) is 2.64. The summed E-state index contributed by atoms with van der Waals surface area (Å²) in [6, 6.07) is 3.62. The first kappa shape index (κ1) is 31.7. The van der Waals surface area contributed by atoms with Crippen molar-refractivity contribution in [2.45, 2.75) is 26.2 Å². The highest BCUT2D eigenvalue weighted by Gasteiger charge is 2.28. The Kier molecular flexibility index (Phi) is 18.1. The van der Waals surface area contributed by atoms with Gasteiger partial charge in [0.1, 0.15) is 64.1 Å². The second kappa shape index (κ2) is 18.9. The maximum atomic E-state index is 12.7. The quantitative estimate of drug-likeness (QED) is 0.106. The van der Waals surface area contributed by atoms with Crippen molar-refractivity contribution in [2.24, 2.45) is 0 Å². The summed E-state index contributed by atoms with van der Waals surface area (Å²) in [7, 11) is -2.95. The van der Waals surface area contributed by atoms with Crippen molar-refractivity contribution >= 4 is 62.0 Å². The number of aliphatic hydroxyl groups excluding tert-OH is 1. The van der Waals surface area contributed by atoms with Crippen molar-refractivity contribution < 1.29 is 43.4 Å². The highest BCUT2D eigenvalue weighted by molar-refractivity contribution is 14.1. The van der Waals surface area contributed by atoms with Crippen LogP contribution in [0.25, 0.3) is 0 Å². The Balaban J connectivity index is 3.02. The highest BCUT2D eigenvalue weighted by Crippen LogP contribution is 2.57. The maximum absolute atomic E-state index is 12.7. The predicted molar refractivity (Wildman–Crippen MR) is 143 cm³/mol. The molecule has 10 nitrogen and oxygen atoms in total. The molecule has 0 bridgehead atoms. The Morgan fingerprint density at radius 2 is 1.48 bits per heavy atom. The summed E-state index contributed by atoms with van der Waals surface area (Å²) in [4.78, 5) is 0. The van der Waals surface area contributed by atoms with Crippen LogP contribution in [0.15, 0.2) is 12.1 Å². The Hall–Kier alpha value is 0.660. The molecule has 0 aromatic heterocycles. The SMILES string of the molecule is CCOP(Cc1cc(OC)c(CP(=O)(OI)OI)cc1OCCOCCOCCO)OCC. The third-order valence-electron chi connectivity index (χ3n) is 3.98. The Morgan fingerprint density at radius 3 is 2.03 bits per heavy atom. The molecule has 1 aromatic carbocycles. The third-order valence-corrected chi connectivity index (χ3v) is 10.4. The fourth-order valence-corrected chi connectivity index (χ4v) is 7.02. The number of benzene rings is 1.